The van der Waals surface area contributed by atoms with E-state index < -0.39 is 0 Å². The van der Waals surface area contributed by atoms with Gasteiger partial charge in [-0.3, -0.25) is 4.98 Å². The van der Waals surface area contributed by atoms with Crippen LogP contribution in [0, 0.1) is 0 Å². The van der Waals surface area contributed by atoms with E-state index >= 15 is 0 Å². The Bertz CT molecular complexity index is 586. The number of aromatic nitrogens is 1. The Labute approximate surface area is 112 Å². The van der Waals surface area contributed by atoms with Gasteiger partial charge in [0.1, 0.15) is 0 Å². The van der Waals surface area contributed by atoms with Crippen molar-refractivity contribution in [2.45, 2.75) is 6.92 Å². The molecule has 0 amide bonds. The number of allylic oxidation sites excluding steroid dienone is 1. The molecule has 2 rings (SSSR count). The molecule has 0 saturated heterocycles. The maximum atomic E-state index is 11.2. The molecular weight excluding hydrogens is 238 g/mol. The van der Waals surface area contributed by atoms with Gasteiger partial charge in [0.2, 0.25) is 0 Å². The summed E-state index contributed by atoms with van der Waals surface area (Å²) in [6.45, 7) is 1.89. The Hall–Kier alpha value is -2.42. The molecule has 3 nitrogen and oxygen atoms in total. The molecule has 3 heteroatoms. The Kier molecular flexibility index (Phi) is 4.08. The van der Waals surface area contributed by atoms with Gasteiger partial charge in [-0.25, -0.2) is 4.79 Å². The summed E-state index contributed by atoms with van der Waals surface area (Å²) in [5.74, 6) is -0.337. The van der Waals surface area contributed by atoms with Gasteiger partial charge >= 0.3 is 5.97 Å². The zero-order chi connectivity index (χ0) is 13.7. The van der Waals surface area contributed by atoms with Crippen molar-refractivity contribution in [1.82, 2.24) is 4.98 Å². The largest absolute Gasteiger partial charge is 0.466 e. The number of pyridine rings is 1. The lowest BCUT2D eigenvalue weighted by Gasteiger charge is -2.04. The van der Waals surface area contributed by atoms with Crippen LogP contribution in [0.3, 0.4) is 0 Å². The summed E-state index contributed by atoms with van der Waals surface area (Å²) in [6.07, 6.45) is 5.03. The molecule has 2 aromatic rings. The van der Waals surface area contributed by atoms with Crippen molar-refractivity contribution in [2.75, 3.05) is 7.11 Å². The molecule has 1 aromatic carbocycles. The Balaban J connectivity index is 2.24. The van der Waals surface area contributed by atoms with Gasteiger partial charge in [0, 0.05) is 18.5 Å². The lowest BCUT2D eigenvalue weighted by atomic mass is 10.0. The van der Waals surface area contributed by atoms with E-state index in [1.54, 1.807) is 12.4 Å². The number of methoxy groups -OCH3 is 1. The van der Waals surface area contributed by atoms with E-state index in [1.807, 2.05) is 43.3 Å². The number of benzene rings is 1. The summed E-state index contributed by atoms with van der Waals surface area (Å²) in [4.78, 5) is 15.2. The summed E-state index contributed by atoms with van der Waals surface area (Å²) in [7, 11) is 1.37. The predicted octanol–water partition coefficient (Wildman–Crippen LogP) is 3.32. The molecule has 0 saturated carbocycles. The van der Waals surface area contributed by atoms with E-state index in [0.29, 0.717) is 0 Å². The molecule has 96 valence electrons. The molecule has 0 bridgehead atoms. The maximum Gasteiger partial charge on any atom is 0.330 e. The minimum Gasteiger partial charge on any atom is -0.466 e. The van der Waals surface area contributed by atoms with Gasteiger partial charge in [-0.15, -0.1) is 0 Å². The second-order valence-electron chi connectivity index (χ2n) is 4.16. The molecule has 0 aliphatic carbocycles. The molecule has 0 N–H and O–H groups in total. The highest BCUT2D eigenvalue weighted by atomic mass is 16.5. The van der Waals surface area contributed by atoms with Gasteiger partial charge in [-0.1, -0.05) is 24.3 Å². The van der Waals surface area contributed by atoms with Crippen LogP contribution in [0.15, 0.2) is 54.9 Å². The van der Waals surface area contributed by atoms with Crippen molar-refractivity contribution < 1.29 is 9.53 Å². The third kappa shape index (κ3) is 3.28. The number of carbonyl (C=O) groups is 1. The van der Waals surface area contributed by atoms with Crippen LogP contribution in [0.4, 0.5) is 0 Å². The molecule has 0 aliphatic heterocycles. The Morgan fingerprint density at radius 2 is 1.63 bits per heavy atom. The van der Waals surface area contributed by atoms with Crippen LogP contribution in [-0.2, 0) is 9.53 Å². The Morgan fingerprint density at radius 1 is 1.05 bits per heavy atom. The van der Waals surface area contributed by atoms with Crippen LogP contribution < -0.4 is 0 Å². The number of hydrogen-bond acceptors (Lipinski definition) is 3. The van der Waals surface area contributed by atoms with Crippen molar-refractivity contribution >= 4 is 11.5 Å². The molecule has 0 unspecified atom stereocenters. The highest BCUT2D eigenvalue weighted by Crippen LogP contribution is 2.21. The quantitative estimate of drug-likeness (QED) is 0.622. The van der Waals surface area contributed by atoms with E-state index in [0.717, 1.165) is 22.3 Å². The fraction of sp³-hybridized carbons (Fsp3) is 0.125. The molecule has 0 radical (unpaired) electrons. The van der Waals surface area contributed by atoms with Gasteiger partial charge in [0.05, 0.1) is 7.11 Å². The maximum absolute atomic E-state index is 11.2. The van der Waals surface area contributed by atoms with E-state index in [4.69, 9.17) is 0 Å². The van der Waals surface area contributed by atoms with Gasteiger partial charge in [-0.2, -0.15) is 0 Å². The standard InChI is InChI=1S/C16H15NO2/c1-12(11-16(18)19-2)13-3-5-14(6-4-13)15-7-9-17-10-8-15/h3-11H,1-2H3/b12-11+. The normalized spacial score (nSPS) is 11.2. The summed E-state index contributed by atoms with van der Waals surface area (Å²) in [5, 5.41) is 0. The molecule has 19 heavy (non-hydrogen) atoms. The molecule has 0 fully saturated rings. The van der Waals surface area contributed by atoms with Crippen molar-refractivity contribution in [1.29, 1.82) is 0 Å². The molecule has 1 heterocycles. The Morgan fingerprint density at radius 3 is 2.21 bits per heavy atom. The molecular formula is C16H15NO2. The van der Waals surface area contributed by atoms with Gasteiger partial charge in [-0.05, 0) is 41.3 Å². The van der Waals surface area contributed by atoms with Crippen molar-refractivity contribution in [3.8, 4) is 11.1 Å². The lowest BCUT2D eigenvalue weighted by Crippen LogP contribution is -1.95. The highest BCUT2D eigenvalue weighted by Gasteiger charge is 2.01. The van der Waals surface area contributed by atoms with Crippen LogP contribution in [0.1, 0.15) is 12.5 Å². The first kappa shape index (κ1) is 13.0. The van der Waals surface area contributed by atoms with Crippen molar-refractivity contribution in [3.63, 3.8) is 0 Å². The summed E-state index contributed by atoms with van der Waals surface area (Å²) in [5.41, 5.74) is 4.13. The fourth-order valence-electron chi connectivity index (χ4n) is 1.79. The fourth-order valence-corrected chi connectivity index (χ4v) is 1.79. The average Bonchev–Trinajstić information content (AvgIpc) is 2.48. The van der Waals surface area contributed by atoms with Gasteiger partial charge in [0.15, 0.2) is 0 Å². The van der Waals surface area contributed by atoms with Crippen LogP contribution in [0.5, 0.6) is 0 Å². The lowest BCUT2D eigenvalue weighted by molar-refractivity contribution is -0.134. The molecule has 1 aromatic heterocycles. The molecule has 0 aliphatic rings. The molecule has 0 spiro atoms. The van der Waals surface area contributed by atoms with E-state index in [2.05, 4.69) is 9.72 Å². The minimum atomic E-state index is -0.337. The van der Waals surface area contributed by atoms with Crippen molar-refractivity contribution in [2.24, 2.45) is 0 Å². The zero-order valence-corrected chi connectivity index (χ0v) is 11.0. The van der Waals surface area contributed by atoms with Gasteiger partial charge < -0.3 is 4.74 Å². The predicted molar refractivity (Wildman–Crippen MR) is 75.3 cm³/mol. The number of hydrogen-bond donors (Lipinski definition) is 0. The van der Waals surface area contributed by atoms with Crippen molar-refractivity contribution in [3.05, 3.63) is 60.4 Å². The van der Waals surface area contributed by atoms with E-state index in [-0.39, 0.29) is 5.97 Å². The topological polar surface area (TPSA) is 39.2 Å². The van der Waals surface area contributed by atoms with Crippen LogP contribution in [-0.4, -0.2) is 18.1 Å². The first-order valence-corrected chi connectivity index (χ1v) is 5.98. The third-order valence-electron chi connectivity index (χ3n) is 2.89. The second-order valence-corrected chi connectivity index (χ2v) is 4.16. The van der Waals surface area contributed by atoms with Gasteiger partial charge in [0.25, 0.3) is 0 Å². The average molecular weight is 253 g/mol. The second kappa shape index (κ2) is 5.96. The summed E-state index contributed by atoms with van der Waals surface area (Å²) in [6, 6.07) is 12.0. The summed E-state index contributed by atoms with van der Waals surface area (Å²) < 4.78 is 4.61. The monoisotopic (exact) mass is 253 g/mol. The first-order valence-electron chi connectivity index (χ1n) is 5.98. The van der Waals surface area contributed by atoms with E-state index in [9.17, 15) is 4.79 Å². The minimum absolute atomic E-state index is 0.337. The zero-order valence-electron chi connectivity index (χ0n) is 11.0. The number of ether oxygens (including phenoxy) is 1. The van der Waals surface area contributed by atoms with Crippen LogP contribution in [0.25, 0.3) is 16.7 Å². The van der Waals surface area contributed by atoms with Crippen LogP contribution >= 0.6 is 0 Å². The number of esters is 1. The number of rotatable bonds is 3. The van der Waals surface area contributed by atoms with Crippen LogP contribution in [0.2, 0.25) is 0 Å². The summed E-state index contributed by atoms with van der Waals surface area (Å²) >= 11 is 0. The molecule has 0 atom stereocenters. The smallest absolute Gasteiger partial charge is 0.330 e. The highest BCUT2D eigenvalue weighted by molar-refractivity contribution is 5.90. The number of carbonyl (C=O) groups excluding carboxylic acids is 1. The SMILES string of the molecule is COC(=O)/C=C(\C)c1ccc(-c2ccncc2)cc1. The third-order valence-corrected chi connectivity index (χ3v) is 2.89. The number of nitrogens with zero attached hydrogens (tertiary/aromatic N) is 1. The van der Waals surface area contributed by atoms with E-state index in [1.165, 1.54) is 13.2 Å². The first-order chi connectivity index (χ1) is 9.20.